The molecule has 2 fully saturated rings. The number of hydrogen-bond acceptors (Lipinski definition) is 3. The molecule has 1 saturated heterocycles. The number of rotatable bonds is 4. The number of carbonyl (C=O) groups excluding carboxylic acids is 1. The summed E-state index contributed by atoms with van der Waals surface area (Å²) < 4.78 is 5.75. The second-order valence-electron chi connectivity index (χ2n) is 6.51. The zero-order chi connectivity index (χ0) is 14.0. The summed E-state index contributed by atoms with van der Waals surface area (Å²) in [6.07, 6.45) is 3.41. The lowest BCUT2D eigenvalue weighted by Crippen LogP contribution is -2.63. The van der Waals surface area contributed by atoms with Crippen molar-refractivity contribution in [1.29, 1.82) is 0 Å². The normalized spacial score (nSPS) is 33.6. The minimum atomic E-state index is 0.0719. The van der Waals surface area contributed by atoms with Crippen LogP contribution in [-0.2, 0) is 9.53 Å². The van der Waals surface area contributed by atoms with Crippen LogP contribution in [0.2, 0.25) is 0 Å². The maximum absolute atomic E-state index is 12.5. The van der Waals surface area contributed by atoms with E-state index in [1.165, 1.54) is 0 Å². The van der Waals surface area contributed by atoms with Crippen molar-refractivity contribution in [3.63, 3.8) is 0 Å². The van der Waals surface area contributed by atoms with Gasteiger partial charge in [0.25, 0.3) is 0 Å². The summed E-state index contributed by atoms with van der Waals surface area (Å²) in [7, 11) is 1.96. The summed E-state index contributed by atoms with van der Waals surface area (Å²) >= 11 is 0. The molecule has 19 heavy (non-hydrogen) atoms. The molecule has 0 bridgehead atoms. The number of hydrogen-bond donors (Lipinski definition) is 1. The largest absolute Gasteiger partial charge is 0.378 e. The number of carbonyl (C=O) groups is 1. The van der Waals surface area contributed by atoms with Crippen LogP contribution in [0.4, 0.5) is 0 Å². The summed E-state index contributed by atoms with van der Waals surface area (Å²) in [5.41, 5.74) is 0.0719. The lowest BCUT2D eigenvalue weighted by molar-refractivity contribution is -0.166. The summed E-state index contributed by atoms with van der Waals surface area (Å²) in [5, 5.41) is 3.32. The molecule has 0 spiro atoms. The van der Waals surface area contributed by atoms with Crippen LogP contribution in [0, 0.1) is 11.3 Å². The zero-order valence-corrected chi connectivity index (χ0v) is 12.7. The van der Waals surface area contributed by atoms with Crippen LogP contribution in [0.5, 0.6) is 0 Å². The molecule has 3 unspecified atom stereocenters. The fourth-order valence-electron chi connectivity index (χ4n) is 3.51. The van der Waals surface area contributed by atoms with Gasteiger partial charge < -0.3 is 15.0 Å². The Labute approximate surface area is 116 Å². The quantitative estimate of drug-likeness (QED) is 0.843. The van der Waals surface area contributed by atoms with Crippen molar-refractivity contribution < 1.29 is 9.53 Å². The summed E-state index contributed by atoms with van der Waals surface area (Å²) in [5.74, 6) is 0.473. The second-order valence-corrected chi connectivity index (χ2v) is 6.51. The third-order valence-electron chi connectivity index (χ3n) is 4.96. The van der Waals surface area contributed by atoms with E-state index < -0.39 is 0 Å². The first-order chi connectivity index (χ1) is 8.98. The molecule has 0 radical (unpaired) electrons. The Balaban J connectivity index is 1.93. The molecule has 0 aromatic heterocycles. The summed E-state index contributed by atoms with van der Waals surface area (Å²) in [6, 6.07) is 0.318. The van der Waals surface area contributed by atoms with Gasteiger partial charge in [-0.3, -0.25) is 4.79 Å². The first-order valence-electron chi connectivity index (χ1n) is 7.57. The van der Waals surface area contributed by atoms with E-state index in [0.717, 1.165) is 39.0 Å². The Morgan fingerprint density at radius 3 is 2.74 bits per heavy atom. The van der Waals surface area contributed by atoms with Gasteiger partial charge in [0, 0.05) is 31.7 Å². The van der Waals surface area contributed by atoms with Crippen molar-refractivity contribution in [2.75, 3.05) is 26.7 Å². The highest BCUT2D eigenvalue weighted by molar-refractivity contribution is 5.79. The van der Waals surface area contributed by atoms with Crippen molar-refractivity contribution in [2.45, 2.75) is 52.2 Å². The first kappa shape index (κ1) is 14.8. The average Bonchev–Trinajstić information content (AvgIpc) is 2.42. The predicted molar refractivity (Wildman–Crippen MR) is 76.0 cm³/mol. The average molecular weight is 268 g/mol. The standard InChI is InChI=1S/C15H28N2O2/c1-5-19-13-9-12(15(13,2)3)17(4)14(18)11-7-6-8-16-10-11/h11-13,16H,5-10H2,1-4H3. The SMILES string of the molecule is CCOC1CC(N(C)C(=O)C2CCCNC2)C1(C)C. The number of nitrogens with one attached hydrogen (secondary N) is 1. The summed E-state index contributed by atoms with van der Waals surface area (Å²) in [4.78, 5) is 14.5. The van der Waals surface area contributed by atoms with E-state index in [1.807, 2.05) is 18.9 Å². The van der Waals surface area contributed by atoms with Gasteiger partial charge in [0.05, 0.1) is 12.0 Å². The van der Waals surface area contributed by atoms with Gasteiger partial charge in [-0.05, 0) is 32.7 Å². The van der Waals surface area contributed by atoms with E-state index in [4.69, 9.17) is 4.74 Å². The topological polar surface area (TPSA) is 41.6 Å². The van der Waals surface area contributed by atoms with Crippen molar-refractivity contribution >= 4 is 5.91 Å². The van der Waals surface area contributed by atoms with Gasteiger partial charge in [0.1, 0.15) is 0 Å². The highest BCUT2D eigenvalue weighted by Crippen LogP contribution is 2.45. The van der Waals surface area contributed by atoms with E-state index in [2.05, 4.69) is 19.2 Å². The highest BCUT2D eigenvalue weighted by atomic mass is 16.5. The van der Waals surface area contributed by atoms with Gasteiger partial charge in [0.2, 0.25) is 5.91 Å². The van der Waals surface area contributed by atoms with Crippen molar-refractivity contribution in [1.82, 2.24) is 10.2 Å². The van der Waals surface area contributed by atoms with Crippen LogP contribution in [-0.4, -0.2) is 49.7 Å². The highest BCUT2D eigenvalue weighted by Gasteiger charge is 2.52. The molecule has 1 aliphatic heterocycles. The molecule has 4 nitrogen and oxygen atoms in total. The van der Waals surface area contributed by atoms with Crippen LogP contribution < -0.4 is 5.32 Å². The Kier molecular flexibility index (Phi) is 4.51. The summed E-state index contributed by atoms with van der Waals surface area (Å²) in [6.45, 7) is 9.10. The molecule has 110 valence electrons. The lowest BCUT2D eigenvalue weighted by Gasteiger charge is -2.55. The molecular weight excluding hydrogens is 240 g/mol. The van der Waals surface area contributed by atoms with Crippen LogP contribution in [0.25, 0.3) is 0 Å². The van der Waals surface area contributed by atoms with E-state index >= 15 is 0 Å². The van der Waals surface area contributed by atoms with Gasteiger partial charge in [-0.15, -0.1) is 0 Å². The van der Waals surface area contributed by atoms with E-state index in [0.29, 0.717) is 18.1 Å². The minimum absolute atomic E-state index is 0.0719. The minimum Gasteiger partial charge on any atom is -0.378 e. The van der Waals surface area contributed by atoms with Crippen LogP contribution in [0.1, 0.15) is 40.0 Å². The van der Waals surface area contributed by atoms with E-state index in [1.54, 1.807) is 0 Å². The molecule has 1 N–H and O–H groups in total. The van der Waals surface area contributed by atoms with Gasteiger partial charge in [-0.1, -0.05) is 13.8 Å². The van der Waals surface area contributed by atoms with Crippen LogP contribution in [0.3, 0.4) is 0 Å². The van der Waals surface area contributed by atoms with Crippen molar-refractivity contribution in [3.8, 4) is 0 Å². The number of ether oxygens (including phenoxy) is 1. The molecule has 2 aliphatic rings. The van der Waals surface area contributed by atoms with Crippen molar-refractivity contribution in [2.24, 2.45) is 11.3 Å². The first-order valence-corrected chi connectivity index (χ1v) is 7.57. The van der Waals surface area contributed by atoms with Crippen LogP contribution in [0.15, 0.2) is 0 Å². The lowest BCUT2D eigenvalue weighted by atomic mass is 9.63. The second kappa shape index (κ2) is 5.80. The van der Waals surface area contributed by atoms with Crippen molar-refractivity contribution in [3.05, 3.63) is 0 Å². The molecular formula is C15H28N2O2. The molecule has 0 aromatic carbocycles. The molecule has 3 atom stereocenters. The van der Waals surface area contributed by atoms with E-state index in [-0.39, 0.29) is 11.3 Å². The third-order valence-corrected chi connectivity index (χ3v) is 4.96. The smallest absolute Gasteiger partial charge is 0.226 e. The zero-order valence-electron chi connectivity index (χ0n) is 12.7. The molecule has 1 saturated carbocycles. The molecule has 2 rings (SSSR count). The van der Waals surface area contributed by atoms with Gasteiger partial charge in [0.15, 0.2) is 0 Å². The molecule has 1 heterocycles. The Hall–Kier alpha value is -0.610. The third kappa shape index (κ3) is 2.79. The molecule has 1 aliphatic carbocycles. The fraction of sp³-hybridized carbons (Fsp3) is 0.933. The predicted octanol–water partition coefficient (Wildman–Crippen LogP) is 1.65. The Morgan fingerprint density at radius 2 is 2.21 bits per heavy atom. The molecule has 4 heteroatoms. The van der Waals surface area contributed by atoms with Gasteiger partial charge in [-0.25, -0.2) is 0 Å². The monoisotopic (exact) mass is 268 g/mol. The van der Waals surface area contributed by atoms with Crippen LogP contribution >= 0.6 is 0 Å². The fourth-order valence-corrected chi connectivity index (χ4v) is 3.51. The Morgan fingerprint density at radius 1 is 1.47 bits per heavy atom. The van der Waals surface area contributed by atoms with Gasteiger partial charge >= 0.3 is 0 Å². The number of amides is 1. The Bertz CT molecular complexity index is 324. The number of piperidine rings is 1. The van der Waals surface area contributed by atoms with Gasteiger partial charge in [-0.2, -0.15) is 0 Å². The maximum Gasteiger partial charge on any atom is 0.226 e. The molecule has 0 aromatic rings. The maximum atomic E-state index is 12.5. The van der Waals surface area contributed by atoms with E-state index in [9.17, 15) is 4.79 Å². The molecule has 1 amide bonds. The number of nitrogens with zero attached hydrogens (tertiary/aromatic N) is 1.